The van der Waals surface area contributed by atoms with Crippen molar-refractivity contribution in [1.82, 2.24) is 0 Å². The van der Waals surface area contributed by atoms with E-state index in [-0.39, 0.29) is 12.1 Å². The molecule has 2 aliphatic heterocycles. The smallest absolute Gasteiger partial charge is 0.338 e. The predicted octanol–water partition coefficient (Wildman–Crippen LogP) is 4.62. The molecular weight excluding hydrogens is 314 g/mol. The highest BCUT2D eigenvalue weighted by Crippen LogP contribution is 2.48. The molecule has 0 radical (unpaired) electrons. The molecule has 25 heavy (non-hydrogen) atoms. The quantitative estimate of drug-likeness (QED) is 0.796. The van der Waals surface area contributed by atoms with Gasteiger partial charge in [0.15, 0.2) is 0 Å². The van der Waals surface area contributed by atoms with E-state index in [1.54, 1.807) is 0 Å². The first-order valence-electron chi connectivity index (χ1n) is 9.80. The zero-order valence-electron chi connectivity index (χ0n) is 15.3. The van der Waals surface area contributed by atoms with Crippen LogP contribution in [0.3, 0.4) is 0 Å². The van der Waals surface area contributed by atoms with Gasteiger partial charge in [-0.05, 0) is 50.2 Å². The van der Waals surface area contributed by atoms with Gasteiger partial charge >= 0.3 is 5.97 Å². The van der Waals surface area contributed by atoms with Gasteiger partial charge in [0.1, 0.15) is 0 Å². The molecule has 136 valence electrons. The summed E-state index contributed by atoms with van der Waals surface area (Å²) >= 11 is 0. The van der Waals surface area contributed by atoms with E-state index in [9.17, 15) is 4.79 Å². The van der Waals surface area contributed by atoms with Crippen LogP contribution in [-0.4, -0.2) is 25.7 Å². The topological polar surface area (TPSA) is 47.6 Å². The fraction of sp³-hybridized carbons (Fsp3) is 0.667. The van der Waals surface area contributed by atoms with Crippen molar-refractivity contribution in [3.63, 3.8) is 0 Å². The van der Waals surface area contributed by atoms with Crippen LogP contribution in [0, 0.1) is 18.8 Å². The maximum Gasteiger partial charge on any atom is 0.338 e. The maximum atomic E-state index is 12.1. The summed E-state index contributed by atoms with van der Waals surface area (Å²) in [5, 5.41) is 3.87. The maximum absolute atomic E-state index is 12.1. The van der Waals surface area contributed by atoms with Crippen molar-refractivity contribution in [2.24, 2.45) is 11.8 Å². The Kier molecular flexibility index (Phi) is 4.72. The van der Waals surface area contributed by atoms with Crippen LogP contribution in [0.15, 0.2) is 12.1 Å². The molecule has 4 heteroatoms. The van der Waals surface area contributed by atoms with Crippen LogP contribution in [0.4, 0.5) is 5.69 Å². The SMILES string of the molecule is COC(=O)c1ccc2c(c1C)NC(C1CCCCC1)C1CCCOC21. The largest absolute Gasteiger partial charge is 0.465 e. The molecule has 2 heterocycles. The van der Waals surface area contributed by atoms with E-state index in [0.29, 0.717) is 17.5 Å². The molecule has 2 fully saturated rings. The van der Waals surface area contributed by atoms with Crippen molar-refractivity contribution in [3.8, 4) is 0 Å². The van der Waals surface area contributed by atoms with E-state index in [2.05, 4.69) is 11.4 Å². The first-order chi connectivity index (χ1) is 12.2. The summed E-state index contributed by atoms with van der Waals surface area (Å²) in [5.41, 5.74) is 3.99. The average Bonchev–Trinajstić information content (AvgIpc) is 2.68. The number of carbonyl (C=O) groups is 1. The summed E-state index contributed by atoms with van der Waals surface area (Å²) in [6.07, 6.45) is 9.23. The van der Waals surface area contributed by atoms with Crippen LogP contribution >= 0.6 is 0 Å². The average molecular weight is 343 g/mol. The van der Waals surface area contributed by atoms with Crippen molar-refractivity contribution >= 4 is 11.7 Å². The minimum absolute atomic E-state index is 0.169. The molecule has 1 aliphatic carbocycles. The Morgan fingerprint density at radius 1 is 1.16 bits per heavy atom. The molecular formula is C21H29NO3. The number of fused-ring (bicyclic) bond motifs is 3. The highest BCUT2D eigenvalue weighted by atomic mass is 16.5. The highest BCUT2D eigenvalue weighted by Gasteiger charge is 2.43. The minimum atomic E-state index is -0.261. The van der Waals surface area contributed by atoms with Crippen molar-refractivity contribution in [2.75, 3.05) is 19.0 Å². The molecule has 0 amide bonds. The lowest BCUT2D eigenvalue weighted by atomic mass is 9.71. The standard InChI is InChI=1S/C21H29NO3/c1-13-15(21(23)24-2)10-11-17-18(13)22-19(14-7-4-3-5-8-14)16-9-6-12-25-20(16)17/h10-11,14,16,19-20,22H,3-9,12H2,1-2H3. The molecule has 1 aromatic carbocycles. The Morgan fingerprint density at radius 3 is 2.72 bits per heavy atom. The van der Waals surface area contributed by atoms with E-state index in [1.165, 1.54) is 51.2 Å². The molecule has 3 atom stereocenters. The van der Waals surface area contributed by atoms with Gasteiger partial charge in [0, 0.05) is 29.8 Å². The van der Waals surface area contributed by atoms with Crippen molar-refractivity contribution in [3.05, 3.63) is 28.8 Å². The fourth-order valence-corrected chi connectivity index (χ4v) is 5.22. The Hall–Kier alpha value is -1.55. The van der Waals surface area contributed by atoms with Gasteiger partial charge in [-0.2, -0.15) is 0 Å². The Balaban J connectivity index is 1.73. The summed E-state index contributed by atoms with van der Waals surface area (Å²) < 4.78 is 11.2. The molecule has 0 bridgehead atoms. The number of anilines is 1. The van der Waals surface area contributed by atoms with Gasteiger partial charge in [0.2, 0.25) is 0 Å². The lowest BCUT2D eigenvalue weighted by molar-refractivity contribution is -0.0458. The highest BCUT2D eigenvalue weighted by molar-refractivity contribution is 5.93. The van der Waals surface area contributed by atoms with E-state index in [1.807, 2.05) is 13.0 Å². The van der Waals surface area contributed by atoms with Crippen LogP contribution in [0.25, 0.3) is 0 Å². The van der Waals surface area contributed by atoms with E-state index in [0.717, 1.165) is 30.2 Å². The first-order valence-corrected chi connectivity index (χ1v) is 9.80. The second-order valence-corrected chi connectivity index (χ2v) is 7.86. The molecule has 4 rings (SSSR count). The van der Waals surface area contributed by atoms with E-state index in [4.69, 9.17) is 9.47 Å². The third-order valence-corrected chi connectivity index (χ3v) is 6.51. The molecule has 1 saturated carbocycles. The van der Waals surface area contributed by atoms with Gasteiger partial charge in [-0.25, -0.2) is 4.79 Å². The first kappa shape index (κ1) is 16.9. The van der Waals surface area contributed by atoms with E-state index >= 15 is 0 Å². The van der Waals surface area contributed by atoms with Crippen LogP contribution in [0.1, 0.15) is 72.5 Å². The number of ether oxygens (including phenoxy) is 2. The number of hydrogen-bond acceptors (Lipinski definition) is 4. The van der Waals surface area contributed by atoms with Crippen LogP contribution in [0.2, 0.25) is 0 Å². The Labute approximate surface area is 150 Å². The van der Waals surface area contributed by atoms with Crippen molar-refractivity contribution < 1.29 is 14.3 Å². The second-order valence-electron chi connectivity index (χ2n) is 7.86. The van der Waals surface area contributed by atoms with Gasteiger partial charge in [0.05, 0.1) is 18.8 Å². The number of rotatable bonds is 2. The molecule has 1 N–H and O–H groups in total. The second kappa shape index (κ2) is 6.99. The molecule has 1 saturated heterocycles. The third kappa shape index (κ3) is 2.95. The molecule has 0 aromatic heterocycles. The molecule has 3 aliphatic rings. The zero-order chi connectivity index (χ0) is 17.4. The molecule has 0 spiro atoms. The predicted molar refractivity (Wildman–Crippen MR) is 97.9 cm³/mol. The van der Waals surface area contributed by atoms with Crippen molar-refractivity contribution in [2.45, 2.75) is 64.0 Å². The third-order valence-electron chi connectivity index (χ3n) is 6.51. The number of hydrogen-bond donors (Lipinski definition) is 1. The fourth-order valence-electron chi connectivity index (χ4n) is 5.22. The van der Waals surface area contributed by atoms with Crippen molar-refractivity contribution in [1.29, 1.82) is 0 Å². The van der Waals surface area contributed by atoms with Crippen LogP contribution in [0.5, 0.6) is 0 Å². The number of benzene rings is 1. The van der Waals surface area contributed by atoms with Gasteiger partial charge in [0.25, 0.3) is 0 Å². The summed E-state index contributed by atoms with van der Waals surface area (Å²) in [6, 6.07) is 4.43. The lowest BCUT2D eigenvalue weighted by Gasteiger charge is -2.47. The zero-order valence-corrected chi connectivity index (χ0v) is 15.3. The Bertz CT molecular complexity index is 651. The van der Waals surface area contributed by atoms with Gasteiger partial charge in [-0.3, -0.25) is 0 Å². The van der Waals surface area contributed by atoms with Crippen LogP contribution in [-0.2, 0) is 9.47 Å². The summed E-state index contributed by atoms with van der Waals surface area (Å²) in [6.45, 7) is 2.87. The summed E-state index contributed by atoms with van der Waals surface area (Å²) in [5.74, 6) is 1.01. The Morgan fingerprint density at radius 2 is 1.96 bits per heavy atom. The van der Waals surface area contributed by atoms with Gasteiger partial charge in [-0.15, -0.1) is 0 Å². The number of methoxy groups -OCH3 is 1. The van der Waals surface area contributed by atoms with Gasteiger partial charge in [-0.1, -0.05) is 25.3 Å². The summed E-state index contributed by atoms with van der Waals surface area (Å²) in [7, 11) is 1.44. The number of esters is 1. The monoisotopic (exact) mass is 343 g/mol. The molecule has 3 unspecified atom stereocenters. The molecule has 1 aromatic rings. The normalized spacial score (nSPS) is 29.3. The van der Waals surface area contributed by atoms with Gasteiger partial charge < -0.3 is 14.8 Å². The number of nitrogens with one attached hydrogen (secondary N) is 1. The summed E-state index contributed by atoms with van der Waals surface area (Å²) in [4.78, 5) is 12.1. The minimum Gasteiger partial charge on any atom is -0.465 e. The van der Waals surface area contributed by atoms with Crippen LogP contribution < -0.4 is 5.32 Å². The van der Waals surface area contributed by atoms with E-state index < -0.39 is 0 Å². The lowest BCUT2D eigenvalue weighted by Crippen LogP contribution is -2.46. The number of carbonyl (C=O) groups excluding carboxylic acids is 1. The molecule has 4 nitrogen and oxygen atoms in total.